The van der Waals surface area contributed by atoms with Crippen LogP contribution in [0.1, 0.15) is 25.0 Å². The molecule has 274 valence electrons. The molecule has 0 amide bonds. The smallest absolute Gasteiger partial charge is 0.164 e. The molecule has 0 radical (unpaired) electrons. The van der Waals surface area contributed by atoms with Gasteiger partial charge in [-0.1, -0.05) is 190 Å². The number of para-hydroxylation sites is 2. The highest BCUT2D eigenvalue weighted by Crippen LogP contribution is 2.52. The van der Waals surface area contributed by atoms with Crippen molar-refractivity contribution in [3.05, 3.63) is 205 Å². The molecule has 0 spiro atoms. The molecule has 0 aliphatic heterocycles. The summed E-state index contributed by atoms with van der Waals surface area (Å²) in [6.07, 6.45) is 0. The lowest BCUT2D eigenvalue weighted by Gasteiger charge is -2.24. The van der Waals surface area contributed by atoms with Crippen molar-refractivity contribution in [2.45, 2.75) is 19.3 Å². The van der Waals surface area contributed by atoms with Crippen LogP contribution in [0.25, 0.3) is 95.0 Å². The fraction of sp³-hybridized carbons (Fsp3) is 0.0556. The Morgan fingerprint density at radius 2 is 0.862 bits per heavy atom. The maximum Gasteiger partial charge on any atom is 0.164 e. The first-order chi connectivity index (χ1) is 28.5. The summed E-state index contributed by atoms with van der Waals surface area (Å²) in [5.74, 6) is 1.92. The van der Waals surface area contributed by atoms with Gasteiger partial charge in [-0.25, -0.2) is 15.0 Å². The number of benzene rings is 8. The Bertz CT molecular complexity index is 3130. The zero-order valence-corrected chi connectivity index (χ0v) is 32.3. The molecule has 0 bridgehead atoms. The van der Waals surface area contributed by atoms with Gasteiger partial charge in [0.25, 0.3) is 0 Å². The second-order valence-corrected chi connectivity index (χ2v) is 15.6. The van der Waals surface area contributed by atoms with E-state index in [0.717, 1.165) is 50.1 Å². The largest absolute Gasteiger partial charge is 0.309 e. The summed E-state index contributed by atoms with van der Waals surface area (Å²) in [4.78, 5) is 16.0. The molecule has 0 fully saturated rings. The molecule has 11 rings (SSSR count). The van der Waals surface area contributed by atoms with E-state index in [1.54, 1.807) is 0 Å². The van der Waals surface area contributed by atoms with Gasteiger partial charge < -0.3 is 4.57 Å². The third-order valence-corrected chi connectivity index (χ3v) is 11.9. The summed E-state index contributed by atoms with van der Waals surface area (Å²) >= 11 is 0. The van der Waals surface area contributed by atoms with E-state index < -0.39 is 0 Å². The topological polar surface area (TPSA) is 43.6 Å². The number of rotatable bonds is 6. The average Bonchev–Trinajstić information content (AvgIpc) is 3.75. The van der Waals surface area contributed by atoms with Gasteiger partial charge in [0.2, 0.25) is 0 Å². The van der Waals surface area contributed by atoms with E-state index in [4.69, 9.17) is 15.0 Å². The van der Waals surface area contributed by atoms with Crippen molar-refractivity contribution in [3.63, 3.8) is 0 Å². The molecule has 4 heteroatoms. The van der Waals surface area contributed by atoms with Gasteiger partial charge in [0, 0.05) is 38.4 Å². The van der Waals surface area contributed by atoms with Gasteiger partial charge in [0.1, 0.15) is 0 Å². The lowest BCUT2D eigenvalue weighted by molar-refractivity contribution is 0.661. The van der Waals surface area contributed by atoms with Gasteiger partial charge in [-0.3, -0.25) is 0 Å². The second-order valence-electron chi connectivity index (χ2n) is 15.6. The predicted octanol–water partition coefficient (Wildman–Crippen LogP) is 13.6. The highest BCUT2D eigenvalue weighted by molar-refractivity contribution is 6.10. The first-order valence-corrected chi connectivity index (χ1v) is 19.9. The molecule has 10 aromatic rings. The van der Waals surface area contributed by atoms with Crippen molar-refractivity contribution in [3.8, 4) is 73.2 Å². The van der Waals surface area contributed by atoms with Crippen LogP contribution in [0.15, 0.2) is 194 Å². The van der Waals surface area contributed by atoms with Crippen LogP contribution in [0.3, 0.4) is 0 Å². The Morgan fingerprint density at radius 1 is 0.362 bits per heavy atom. The highest BCUT2D eigenvalue weighted by atomic mass is 15.0. The normalized spacial score (nSPS) is 12.8. The first-order valence-electron chi connectivity index (χ1n) is 19.9. The maximum atomic E-state index is 5.39. The Hall–Kier alpha value is -7.43. The minimum Gasteiger partial charge on any atom is -0.309 e. The SMILES string of the molecule is CC1(C)c2ccccc2-c2cccc(-c3nc(-c4ccc(-c5ccccc5)cc4)nc(-c4ccc(-c5ccccc5)c(-n5c6ccccc6c6ccccc65)c4)n3)c21. The molecule has 1 aliphatic rings. The van der Waals surface area contributed by atoms with Crippen molar-refractivity contribution < 1.29 is 0 Å². The lowest BCUT2D eigenvalue weighted by atomic mass is 9.80. The van der Waals surface area contributed by atoms with Crippen LogP contribution in [0.4, 0.5) is 0 Å². The van der Waals surface area contributed by atoms with Gasteiger partial charge in [-0.05, 0) is 57.1 Å². The van der Waals surface area contributed by atoms with Gasteiger partial charge in [-0.2, -0.15) is 0 Å². The average molecular weight is 743 g/mol. The molecular formula is C54H38N4. The summed E-state index contributed by atoms with van der Waals surface area (Å²) in [7, 11) is 0. The van der Waals surface area contributed by atoms with E-state index in [1.807, 2.05) is 6.07 Å². The summed E-state index contributed by atoms with van der Waals surface area (Å²) in [5, 5.41) is 2.43. The van der Waals surface area contributed by atoms with Crippen LogP contribution in [-0.4, -0.2) is 19.5 Å². The van der Waals surface area contributed by atoms with Gasteiger partial charge in [0.15, 0.2) is 17.5 Å². The zero-order valence-electron chi connectivity index (χ0n) is 32.3. The molecule has 0 N–H and O–H groups in total. The third-order valence-electron chi connectivity index (χ3n) is 11.9. The van der Waals surface area contributed by atoms with E-state index in [0.29, 0.717) is 17.5 Å². The molecule has 0 atom stereocenters. The standard InChI is InChI=1S/C54H38N4/c1-54(2)46-25-12-9-20-41(46)44-23-15-24-45(50(44)54)53-56-51(38-30-28-36(29-31-38)35-16-5-3-6-17-35)55-52(57-53)39-32-33-40(37-18-7-4-8-19-37)49(34-39)58-47-26-13-10-21-42(47)43-22-11-14-27-48(43)58/h3-34H,1-2H3. The van der Waals surface area contributed by atoms with Gasteiger partial charge in [-0.15, -0.1) is 0 Å². The van der Waals surface area contributed by atoms with Gasteiger partial charge in [0.05, 0.1) is 16.7 Å². The quantitative estimate of drug-likeness (QED) is 0.170. The Kier molecular flexibility index (Phi) is 7.80. The van der Waals surface area contributed by atoms with Crippen molar-refractivity contribution in [2.75, 3.05) is 0 Å². The monoisotopic (exact) mass is 742 g/mol. The molecule has 1 aliphatic carbocycles. The van der Waals surface area contributed by atoms with E-state index >= 15 is 0 Å². The molecule has 8 aromatic carbocycles. The van der Waals surface area contributed by atoms with Crippen molar-refractivity contribution in [1.29, 1.82) is 0 Å². The minimum atomic E-state index is -0.242. The van der Waals surface area contributed by atoms with E-state index in [-0.39, 0.29) is 5.41 Å². The number of aromatic nitrogens is 4. The fourth-order valence-electron chi connectivity index (χ4n) is 9.13. The van der Waals surface area contributed by atoms with Crippen molar-refractivity contribution >= 4 is 21.8 Å². The lowest BCUT2D eigenvalue weighted by Crippen LogP contribution is -2.17. The van der Waals surface area contributed by atoms with Crippen LogP contribution in [0, 0.1) is 0 Å². The number of fused-ring (bicyclic) bond motifs is 6. The third kappa shape index (κ3) is 5.41. The molecule has 4 nitrogen and oxygen atoms in total. The van der Waals surface area contributed by atoms with E-state index in [1.165, 1.54) is 38.6 Å². The van der Waals surface area contributed by atoms with Crippen LogP contribution in [0.5, 0.6) is 0 Å². The summed E-state index contributed by atoms with van der Waals surface area (Å²) in [6, 6.07) is 68.9. The summed E-state index contributed by atoms with van der Waals surface area (Å²) < 4.78 is 2.39. The molecule has 58 heavy (non-hydrogen) atoms. The van der Waals surface area contributed by atoms with Crippen LogP contribution >= 0.6 is 0 Å². The van der Waals surface area contributed by atoms with Crippen molar-refractivity contribution in [1.82, 2.24) is 19.5 Å². The Morgan fingerprint density at radius 3 is 1.57 bits per heavy atom. The van der Waals surface area contributed by atoms with Crippen molar-refractivity contribution in [2.24, 2.45) is 0 Å². The van der Waals surface area contributed by atoms with E-state index in [9.17, 15) is 0 Å². The zero-order chi connectivity index (χ0) is 38.8. The summed E-state index contributed by atoms with van der Waals surface area (Å²) in [6.45, 7) is 4.62. The van der Waals surface area contributed by atoms with E-state index in [2.05, 4.69) is 206 Å². The molecule has 2 aromatic heterocycles. The molecular weight excluding hydrogens is 705 g/mol. The van der Waals surface area contributed by atoms with Crippen LogP contribution < -0.4 is 0 Å². The molecule has 2 heterocycles. The number of nitrogens with zero attached hydrogens (tertiary/aromatic N) is 4. The highest BCUT2D eigenvalue weighted by Gasteiger charge is 2.38. The Labute approximate surface area is 337 Å². The Balaban J connectivity index is 1.15. The summed E-state index contributed by atoms with van der Waals surface area (Å²) in [5.41, 5.74) is 15.6. The fourth-order valence-corrected chi connectivity index (χ4v) is 9.13. The van der Waals surface area contributed by atoms with Crippen LogP contribution in [0.2, 0.25) is 0 Å². The molecule has 0 saturated carbocycles. The first kappa shape index (κ1) is 33.9. The predicted molar refractivity (Wildman–Crippen MR) is 239 cm³/mol. The number of hydrogen-bond donors (Lipinski definition) is 0. The molecule has 0 saturated heterocycles. The minimum absolute atomic E-state index is 0.242. The number of hydrogen-bond acceptors (Lipinski definition) is 3. The second kappa shape index (κ2) is 13.4. The van der Waals surface area contributed by atoms with Crippen LogP contribution in [-0.2, 0) is 5.41 Å². The maximum absolute atomic E-state index is 5.39. The van der Waals surface area contributed by atoms with Gasteiger partial charge >= 0.3 is 0 Å². The molecule has 0 unspecified atom stereocenters.